The van der Waals surface area contributed by atoms with Gasteiger partial charge in [0, 0.05) is 25.7 Å². The third-order valence-electron chi connectivity index (χ3n) is 4.26. The predicted molar refractivity (Wildman–Crippen MR) is 93.1 cm³/mol. The van der Waals surface area contributed by atoms with Crippen molar-refractivity contribution in [2.24, 2.45) is 0 Å². The van der Waals surface area contributed by atoms with Gasteiger partial charge >= 0.3 is 0 Å². The fourth-order valence-electron chi connectivity index (χ4n) is 2.85. The molecule has 132 valence electrons. The lowest BCUT2D eigenvalue weighted by atomic mass is 10.0. The standard InChI is InChI=1S/C18H27N3O3/c1-3-8-19-17(23)12-21-9-6-14(7-10-21)20-18(24)15-11-13(2)4-5-16(15)22/h4-5,11,14,22H,3,6-10,12H2,1-2H3,(H,19,23)(H,20,24). The van der Waals surface area contributed by atoms with E-state index in [4.69, 9.17) is 0 Å². The van der Waals surface area contributed by atoms with E-state index in [1.807, 2.05) is 13.8 Å². The summed E-state index contributed by atoms with van der Waals surface area (Å²) in [6, 6.07) is 5.08. The van der Waals surface area contributed by atoms with Gasteiger partial charge in [-0.05, 0) is 38.3 Å². The molecule has 0 aromatic heterocycles. The fourth-order valence-corrected chi connectivity index (χ4v) is 2.85. The van der Waals surface area contributed by atoms with Crippen LogP contribution in [0.3, 0.4) is 0 Å². The van der Waals surface area contributed by atoms with E-state index < -0.39 is 0 Å². The number of benzene rings is 1. The molecule has 0 bridgehead atoms. The van der Waals surface area contributed by atoms with Crippen molar-refractivity contribution >= 4 is 11.8 Å². The number of piperidine rings is 1. The molecular formula is C18H27N3O3. The summed E-state index contributed by atoms with van der Waals surface area (Å²) in [6.07, 6.45) is 2.55. The van der Waals surface area contributed by atoms with Crippen molar-refractivity contribution in [3.05, 3.63) is 29.3 Å². The number of aryl methyl sites for hydroxylation is 1. The molecule has 1 heterocycles. The molecule has 2 rings (SSSR count). The number of amides is 2. The highest BCUT2D eigenvalue weighted by molar-refractivity contribution is 5.97. The number of carbonyl (C=O) groups is 2. The molecule has 0 radical (unpaired) electrons. The van der Waals surface area contributed by atoms with Gasteiger partial charge in [0.1, 0.15) is 5.75 Å². The first-order valence-electron chi connectivity index (χ1n) is 8.59. The van der Waals surface area contributed by atoms with Gasteiger partial charge in [-0.2, -0.15) is 0 Å². The molecule has 3 N–H and O–H groups in total. The molecule has 1 aliphatic rings. The maximum atomic E-state index is 12.3. The van der Waals surface area contributed by atoms with Crippen LogP contribution in [0.1, 0.15) is 42.1 Å². The maximum absolute atomic E-state index is 12.3. The van der Waals surface area contributed by atoms with Crippen molar-refractivity contribution in [1.82, 2.24) is 15.5 Å². The zero-order valence-corrected chi connectivity index (χ0v) is 14.5. The number of rotatable bonds is 6. The molecular weight excluding hydrogens is 306 g/mol. The molecule has 6 nitrogen and oxygen atoms in total. The van der Waals surface area contributed by atoms with E-state index >= 15 is 0 Å². The monoisotopic (exact) mass is 333 g/mol. The van der Waals surface area contributed by atoms with E-state index in [0.717, 1.165) is 37.9 Å². The average Bonchev–Trinajstić information content (AvgIpc) is 2.57. The second-order valence-corrected chi connectivity index (χ2v) is 6.39. The molecule has 0 spiro atoms. The molecule has 0 saturated carbocycles. The smallest absolute Gasteiger partial charge is 0.255 e. The largest absolute Gasteiger partial charge is 0.507 e. The van der Waals surface area contributed by atoms with E-state index in [0.29, 0.717) is 18.7 Å². The Balaban J connectivity index is 1.79. The SMILES string of the molecule is CCCNC(=O)CN1CCC(NC(=O)c2cc(C)ccc2O)CC1. The van der Waals surface area contributed by atoms with Gasteiger partial charge in [0.05, 0.1) is 12.1 Å². The number of carbonyl (C=O) groups excluding carboxylic acids is 2. The molecule has 0 aliphatic carbocycles. The summed E-state index contributed by atoms with van der Waals surface area (Å²) in [4.78, 5) is 26.2. The van der Waals surface area contributed by atoms with Gasteiger partial charge in [0.2, 0.25) is 5.91 Å². The second-order valence-electron chi connectivity index (χ2n) is 6.39. The van der Waals surface area contributed by atoms with Crippen molar-refractivity contribution in [1.29, 1.82) is 0 Å². The highest BCUT2D eigenvalue weighted by Gasteiger charge is 2.23. The number of phenols is 1. The number of aromatic hydroxyl groups is 1. The van der Waals surface area contributed by atoms with Gasteiger partial charge in [-0.25, -0.2) is 0 Å². The number of likely N-dealkylation sites (tertiary alicyclic amines) is 1. The summed E-state index contributed by atoms with van der Waals surface area (Å²) in [5.74, 6) is -0.178. The van der Waals surface area contributed by atoms with Crippen LogP contribution >= 0.6 is 0 Å². The Morgan fingerprint density at radius 2 is 2.00 bits per heavy atom. The molecule has 6 heteroatoms. The van der Waals surface area contributed by atoms with Gasteiger partial charge < -0.3 is 15.7 Å². The molecule has 1 aromatic carbocycles. The van der Waals surface area contributed by atoms with Gasteiger partial charge in [-0.3, -0.25) is 14.5 Å². The summed E-state index contributed by atoms with van der Waals surface area (Å²) < 4.78 is 0. The van der Waals surface area contributed by atoms with Crippen LogP contribution in [-0.4, -0.2) is 54.0 Å². The van der Waals surface area contributed by atoms with Gasteiger partial charge in [0.15, 0.2) is 0 Å². The molecule has 0 unspecified atom stereocenters. The molecule has 1 fully saturated rings. The molecule has 1 aliphatic heterocycles. The average molecular weight is 333 g/mol. The molecule has 1 saturated heterocycles. The van der Waals surface area contributed by atoms with Crippen molar-refractivity contribution in [3.63, 3.8) is 0 Å². The van der Waals surface area contributed by atoms with Crippen LogP contribution in [0.5, 0.6) is 5.75 Å². The first-order valence-corrected chi connectivity index (χ1v) is 8.59. The minimum absolute atomic E-state index is 0.00290. The van der Waals surface area contributed by atoms with E-state index in [1.54, 1.807) is 18.2 Å². The number of hydrogen-bond donors (Lipinski definition) is 3. The molecule has 24 heavy (non-hydrogen) atoms. The van der Waals surface area contributed by atoms with Crippen LogP contribution in [0.4, 0.5) is 0 Å². The first kappa shape index (κ1) is 18.3. The lowest BCUT2D eigenvalue weighted by molar-refractivity contribution is -0.122. The summed E-state index contributed by atoms with van der Waals surface area (Å²) in [5.41, 5.74) is 1.25. The Morgan fingerprint density at radius 1 is 1.29 bits per heavy atom. The number of nitrogens with zero attached hydrogens (tertiary/aromatic N) is 1. The van der Waals surface area contributed by atoms with Crippen LogP contribution < -0.4 is 10.6 Å². The quantitative estimate of drug-likeness (QED) is 0.735. The predicted octanol–water partition coefficient (Wildman–Crippen LogP) is 1.42. The Kier molecular flexibility index (Phi) is 6.61. The zero-order chi connectivity index (χ0) is 17.5. The Labute approximate surface area is 143 Å². The minimum atomic E-state index is -0.240. The van der Waals surface area contributed by atoms with Gasteiger partial charge in [-0.1, -0.05) is 18.6 Å². The molecule has 1 aromatic rings. The minimum Gasteiger partial charge on any atom is -0.507 e. The van der Waals surface area contributed by atoms with Crippen LogP contribution in [0, 0.1) is 6.92 Å². The molecule has 0 atom stereocenters. The highest BCUT2D eigenvalue weighted by Crippen LogP contribution is 2.19. The number of hydrogen-bond acceptors (Lipinski definition) is 4. The Morgan fingerprint density at radius 3 is 2.67 bits per heavy atom. The lowest BCUT2D eigenvalue weighted by Crippen LogP contribution is -2.47. The summed E-state index contributed by atoms with van der Waals surface area (Å²) in [7, 11) is 0. The fraction of sp³-hybridized carbons (Fsp3) is 0.556. The second kappa shape index (κ2) is 8.68. The van der Waals surface area contributed by atoms with Crippen LogP contribution in [-0.2, 0) is 4.79 Å². The Hall–Kier alpha value is -2.08. The normalized spacial score (nSPS) is 15.9. The van der Waals surface area contributed by atoms with Gasteiger partial charge in [0.25, 0.3) is 5.91 Å². The first-order chi connectivity index (χ1) is 11.5. The summed E-state index contributed by atoms with van der Waals surface area (Å²) in [6.45, 7) is 6.61. The van der Waals surface area contributed by atoms with Crippen LogP contribution in [0.2, 0.25) is 0 Å². The van der Waals surface area contributed by atoms with Crippen LogP contribution in [0.15, 0.2) is 18.2 Å². The van der Waals surface area contributed by atoms with E-state index in [2.05, 4.69) is 15.5 Å². The van der Waals surface area contributed by atoms with Crippen molar-refractivity contribution < 1.29 is 14.7 Å². The number of phenolic OH excluding ortho intramolecular Hbond substituents is 1. The van der Waals surface area contributed by atoms with Crippen molar-refractivity contribution in [2.45, 2.75) is 39.2 Å². The third kappa shape index (κ3) is 5.23. The van der Waals surface area contributed by atoms with E-state index in [9.17, 15) is 14.7 Å². The Bertz CT molecular complexity index is 581. The van der Waals surface area contributed by atoms with Gasteiger partial charge in [-0.15, -0.1) is 0 Å². The maximum Gasteiger partial charge on any atom is 0.255 e. The zero-order valence-electron chi connectivity index (χ0n) is 14.5. The van der Waals surface area contributed by atoms with Crippen molar-refractivity contribution in [3.8, 4) is 5.75 Å². The van der Waals surface area contributed by atoms with E-state index in [1.165, 1.54) is 0 Å². The van der Waals surface area contributed by atoms with E-state index in [-0.39, 0.29) is 23.6 Å². The van der Waals surface area contributed by atoms with Crippen molar-refractivity contribution in [2.75, 3.05) is 26.2 Å². The summed E-state index contributed by atoms with van der Waals surface area (Å²) >= 11 is 0. The number of nitrogens with one attached hydrogen (secondary N) is 2. The third-order valence-corrected chi connectivity index (χ3v) is 4.26. The highest BCUT2D eigenvalue weighted by atomic mass is 16.3. The van der Waals surface area contributed by atoms with Crippen LogP contribution in [0.25, 0.3) is 0 Å². The lowest BCUT2D eigenvalue weighted by Gasteiger charge is -2.31. The molecule has 2 amide bonds. The topological polar surface area (TPSA) is 81.7 Å². The summed E-state index contributed by atoms with van der Waals surface area (Å²) in [5, 5.41) is 15.7.